The van der Waals surface area contributed by atoms with E-state index in [-0.39, 0.29) is 17.8 Å². The fourth-order valence-electron chi connectivity index (χ4n) is 3.13. The highest BCUT2D eigenvalue weighted by atomic mass is 19.1. The molecule has 6 heteroatoms. The Morgan fingerprint density at radius 2 is 1.96 bits per heavy atom. The molecule has 1 aliphatic heterocycles. The molecule has 1 aromatic carbocycles. The van der Waals surface area contributed by atoms with Gasteiger partial charge < -0.3 is 10.1 Å². The average molecular weight is 351 g/mol. The van der Waals surface area contributed by atoms with E-state index in [1.165, 1.54) is 12.1 Å². The zero-order chi connectivity index (χ0) is 18.2. The lowest BCUT2D eigenvalue weighted by Crippen LogP contribution is -2.47. The number of carbonyl (C=O) groups excluding carboxylic acids is 1. The molecular formula is C19H30FN3O2. The van der Waals surface area contributed by atoms with Gasteiger partial charge in [-0.1, -0.05) is 0 Å². The third-order valence-electron chi connectivity index (χ3n) is 4.51. The van der Waals surface area contributed by atoms with Crippen molar-refractivity contribution in [3.05, 3.63) is 30.1 Å². The van der Waals surface area contributed by atoms with Gasteiger partial charge in [-0.05, 0) is 71.1 Å². The van der Waals surface area contributed by atoms with Crippen LogP contribution in [0.25, 0.3) is 0 Å². The lowest BCUT2D eigenvalue weighted by molar-refractivity contribution is -0.123. The molecule has 140 valence electrons. The highest BCUT2D eigenvalue weighted by Crippen LogP contribution is 2.16. The Morgan fingerprint density at radius 1 is 1.32 bits per heavy atom. The second-order valence-corrected chi connectivity index (χ2v) is 7.01. The highest BCUT2D eigenvalue weighted by molar-refractivity contribution is 5.78. The number of piperidine rings is 1. The number of nitrogens with zero attached hydrogens (tertiary/aromatic N) is 2. The number of carbonyl (C=O) groups is 1. The van der Waals surface area contributed by atoms with Crippen LogP contribution < -0.4 is 10.1 Å². The van der Waals surface area contributed by atoms with Gasteiger partial charge in [-0.3, -0.25) is 14.6 Å². The van der Waals surface area contributed by atoms with Gasteiger partial charge >= 0.3 is 0 Å². The average Bonchev–Trinajstić information content (AvgIpc) is 2.56. The molecule has 0 radical (unpaired) electrons. The normalized spacial score (nSPS) is 16.4. The predicted octanol–water partition coefficient (Wildman–Crippen LogP) is 2.13. The van der Waals surface area contributed by atoms with Crippen LogP contribution >= 0.6 is 0 Å². The number of likely N-dealkylation sites (tertiary alicyclic amines) is 1. The summed E-state index contributed by atoms with van der Waals surface area (Å²) in [4.78, 5) is 16.4. The van der Waals surface area contributed by atoms with E-state index in [4.69, 9.17) is 4.74 Å². The molecule has 0 bridgehead atoms. The molecule has 0 atom stereocenters. The molecule has 0 saturated carbocycles. The maximum Gasteiger partial charge on any atom is 0.234 e. The van der Waals surface area contributed by atoms with Crippen LogP contribution in [0.1, 0.15) is 26.7 Å². The maximum absolute atomic E-state index is 12.8. The topological polar surface area (TPSA) is 44.8 Å². The molecule has 0 spiro atoms. The van der Waals surface area contributed by atoms with Crippen molar-refractivity contribution in [2.45, 2.75) is 38.8 Å². The Hall–Kier alpha value is -1.66. The number of benzene rings is 1. The van der Waals surface area contributed by atoms with E-state index in [1.807, 2.05) is 20.9 Å². The van der Waals surface area contributed by atoms with Gasteiger partial charge in [0.05, 0.1) is 6.54 Å². The molecule has 25 heavy (non-hydrogen) atoms. The van der Waals surface area contributed by atoms with E-state index in [9.17, 15) is 9.18 Å². The van der Waals surface area contributed by atoms with Crippen LogP contribution in [-0.2, 0) is 4.79 Å². The van der Waals surface area contributed by atoms with Gasteiger partial charge in [0.2, 0.25) is 5.91 Å². The van der Waals surface area contributed by atoms with E-state index >= 15 is 0 Å². The molecule has 1 N–H and O–H groups in total. The Kier molecular flexibility index (Phi) is 7.65. The van der Waals surface area contributed by atoms with Crippen molar-refractivity contribution in [2.24, 2.45) is 0 Å². The minimum atomic E-state index is -0.249. The van der Waals surface area contributed by atoms with Crippen LogP contribution in [0.4, 0.5) is 4.39 Å². The largest absolute Gasteiger partial charge is 0.492 e. The first-order valence-corrected chi connectivity index (χ1v) is 9.04. The highest BCUT2D eigenvalue weighted by Gasteiger charge is 2.23. The zero-order valence-corrected chi connectivity index (χ0v) is 15.5. The van der Waals surface area contributed by atoms with E-state index in [0.29, 0.717) is 24.9 Å². The third-order valence-corrected chi connectivity index (χ3v) is 4.51. The maximum atomic E-state index is 12.8. The summed E-state index contributed by atoms with van der Waals surface area (Å²) in [5.41, 5.74) is 0. The lowest BCUT2D eigenvalue weighted by atomic mass is 10.0. The minimum absolute atomic E-state index is 0.0904. The van der Waals surface area contributed by atoms with Crippen molar-refractivity contribution in [3.8, 4) is 5.75 Å². The van der Waals surface area contributed by atoms with Crippen LogP contribution in [0.15, 0.2) is 24.3 Å². The summed E-state index contributed by atoms with van der Waals surface area (Å²) in [6, 6.07) is 6.76. The summed E-state index contributed by atoms with van der Waals surface area (Å²) < 4.78 is 18.5. The monoisotopic (exact) mass is 351 g/mol. The number of rotatable bonds is 8. The van der Waals surface area contributed by atoms with Gasteiger partial charge in [-0.2, -0.15) is 0 Å². The van der Waals surface area contributed by atoms with Gasteiger partial charge in [0, 0.05) is 18.6 Å². The molecular weight excluding hydrogens is 321 g/mol. The first-order valence-electron chi connectivity index (χ1n) is 9.04. The molecule has 5 nitrogen and oxygen atoms in total. The number of hydrogen-bond donors (Lipinski definition) is 1. The summed E-state index contributed by atoms with van der Waals surface area (Å²) >= 11 is 0. The van der Waals surface area contributed by atoms with Gasteiger partial charge in [0.25, 0.3) is 0 Å². The molecule has 1 saturated heterocycles. The standard InChI is InChI=1S/C19H30FN3O2/c1-15(2)21-19(24)14-22(3)17-8-10-23(11-9-17)12-13-25-18-6-4-16(20)5-7-18/h4-7,15,17H,8-14H2,1-3H3,(H,21,24). The van der Waals surface area contributed by atoms with E-state index < -0.39 is 0 Å². The Labute approximate surface area is 150 Å². The van der Waals surface area contributed by atoms with Crippen molar-refractivity contribution in [2.75, 3.05) is 39.8 Å². The van der Waals surface area contributed by atoms with Crippen LogP contribution in [0.5, 0.6) is 5.75 Å². The van der Waals surface area contributed by atoms with Crippen molar-refractivity contribution in [1.82, 2.24) is 15.1 Å². The molecule has 0 aromatic heterocycles. The smallest absolute Gasteiger partial charge is 0.234 e. The van der Waals surface area contributed by atoms with Crippen molar-refractivity contribution >= 4 is 5.91 Å². The van der Waals surface area contributed by atoms with E-state index in [1.54, 1.807) is 12.1 Å². The quantitative estimate of drug-likeness (QED) is 0.779. The summed E-state index contributed by atoms with van der Waals surface area (Å²) in [5, 5.41) is 2.94. The number of nitrogens with one attached hydrogen (secondary N) is 1. The third kappa shape index (κ3) is 7.00. The molecule has 1 amide bonds. The van der Waals surface area contributed by atoms with E-state index in [2.05, 4.69) is 15.1 Å². The summed E-state index contributed by atoms with van der Waals surface area (Å²) in [5.74, 6) is 0.542. The zero-order valence-electron chi connectivity index (χ0n) is 15.5. The van der Waals surface area contributed by atoms with Crippen molar-refractivity contribution < 1.29 is 13.9 Å². The van der Waals surface area contributed by atoms with Crippen LogP contribution in [0.3, 0.4) is 0 Å². The number of amides is 1. The SMILES string of the molecule is CC(C)NC(=O)CN(C)C1CCN(CCOc2ccc(F)cc2)CC1. The van der Waals surface area contributed by atoms with Crippen molar-refractivity contribution in [3.63, 3.8) is 0 Å². The Bertz CT molecular complexity index is 528. The molecule has 1 aromatic rings. The van der Waals surface area contributed by atoms with Gasteiger partial charge in [-0.25, -0.2) is 4.39 Å². The lowest BCUT2D eigenvalue weighted by Gasteiger charge is -2.36. The fraction of sp³-hybridized carbons (Fsp3) is 0.632. The number of likely N-dealkylation sites (N-methyl/N-ethyl adjacent to an activating group) is 1. The summed E-state index contributed by atoms with van der Waals surface area (Å²) in [7, 11) is 2.03. The Balaban J connectivity index is 1.63. The first kappa shape index (κ1) is 19.7. The fourth-order valence-corrected chi connectivity index (χ4v) is 3.13. The van der Waals surface area contributed by atoms with E-state index in [0.717, 1.165) is 32.5 Å². The van der Waals surface area contributed by atoms with Crippen LogP contribution in [0, 0.1) is 5.82 Å². The predicted molar refractivity (Wildman–Crippen MR) is 97.3 cm³/mol. The summed E-state index contributed by atoms with van der Waals surface area (Å²) in [6.45, 7) is 7.89. The molecule has 0 unspecified atom stereocenters. The van der Waals surface area contributed by atoms with Gasteiger partial charge in [0.1, 0.15) is 18.2 Å². The molecule has 2 rings (SSSR count). The number of hydrogen-bond acceptors (Lipinski definition) is 4. The molecule has 1 heterocycles. The Morgan fingerprint density at radius 3 is 2.56 bits per heavy atom. The molecule has 1 aliphatic rings. The van der Waals surface area contributed by atoms with Gasteiger partial charge in [0.15, 0.2) is 0 Å². The number of halogens is 1. The molecule has 1 fully saturated rings. The van der Waals surface area contributed by atoms with Crippen LogP contribution in [-0.4, -0.2) is 67.6 Å². The van der Waals surface area contributed by atoms with Crippen LogP contribution in [0.2, 0.25) is 0 Å². The second-order valence-electron chi connectivity index (χ2n) is 7.01. The minimum Gasteiger partial charge on any atom is -0.492 e. The first-order chi connectivity index (χ1) is 11.9. The summed E-state index contributed by atoms with van der Waals surface area (Å²) in [6.07, 6.45) is 2.12. The number of ether oxygens (including phenoxy) is 1. The second kappa shape index (κ2) is 9.73. The van der Waals surface area contributed by atoms with Crippen molar-refractivity contribution in [1.29, 1.82) is 0 Å². The molecule has 0 aliphatic carbocycles. The van der Waals surface area contributed by atoms with Gasteiger partial charge in [-0.15, -0.1) is 0 Å².